The van der Waals surface area contributed by atoms with Crippen molar-refractivity contribution in [3.05, 3.63) is 75.1 Å². The van der Waals surface area contributed by atoms with E-state index in [0.717, 1.165) is 5.69 Å². The first-order valence-electron chi connectivity index (χ1n) is 8.05. The van der Waals surface area contributed by atoms with Crippen LogP contribution in [0.25, 0.3) is 22.4 Å². The molecule has 0 fully saturated rings. The third-order valence-electron chi connectivity index (χ3n) is 4.04. The minimum absolute atomic E-state index is 0.160. The highest BCUT2D eigenvalue weighted by Crippen LogP contribution is 2.32. The van der Waals surface area contributed by atoms with Gasteiger partial charge in [0.1, 0.15) is 11.2 Å². The maximum absolute atomic E-state index is 12.9. The number of nitrogens with zero attached hydrogens (tertiary/aromatic N) is 4. The van der Waals surface area contributed by atoms with E-state index in [2.05, 4.69) is 20.3 Å². The van der Waals surface area contributed by atoms with Gasteiger partial charge in [-0.05, 0) is 24.3 Å². The monoisotopic (exact) mass is 397 g/mol. The molecule has 0 saturated carbocycles. The van der Waals surface area contributed by atoms with Crippen LogP contribution >= 0.6 is 23.2 Å². The van der Waals surface area contributed by atoms with Gasteiger partial charge in [0.05, 0.1) is 16.2 Å². The van der Waals surface area contributed by atoms with Crippen molar-refractivity contribution in [2.24, 2.45) is 7.05 Å². The summed E-state index contributed by atoms with van der Waals surface area (Å²) in [5.74, 6) is 0.369. The van der Waals surface area contributed by atoms with E-state index in [9.17, 15) is 4.79 Å². The minimum atomic E-state index is -0.345. The molecule has 0 atom stereocenters. The van der Waals surface area contributed by atoms with Crippen LogP contribution in [0.2, 0.25) is 10.0 Å². The Balaban J connectivity index is 1.86. The number of halogens is 2. The quantitative estimate of drug-likeness (QED) is 0.552. The number of anilines is 2. The molecule has 134 valence electrons. The molecule has 27 heavy (non-hydrogen) atoms. The fourth-order valence-corrected chi connectivity index (χ4v) is 3.29. The van der Waals surface area contributed by atoms with Crippen LogP contribution in [0.3, 0.4) is 0 Å². The first-order chi connectivity index (χ1) is 13.0. The summed E-state index contributed by atoms with van der Waals surface area (Å²) in [4.78, 5) is 26.0. The summed E-state index contributed by atoms with van der Waals surface area (Å²) in [5.41, 5.74) is 1.92. The summed E-state index contributed by atoms with van der Waals surface area (Å²) in [6.45, 7) is 0. The highest BCUT2D eigenvalue weighted by molar-refractivity contribution is 6.39. The van der Waals surface area contributed by atoms with E-state index < -0.39 is 0 Å². The Labute approximate surface area is 164 Å². The second kappa shape index (κ2) is 6.98. The van der Waals surface area contributed by atoms with E-state index in [-0.39, 0.29) is 11.3 Å². The first-order valence-corrected chi connectivity index (χ1v) is 8.80. The highest BCUT2D eigenvalue weighted by atomic mass is 35.5. The van der Waals surface area contributed by atoms with Crippen molar-refractivity contribution in [2.75, 3.05) is 5.32 Å². The predicted molar refractivity (Wildman–Crippen MR) is 108 cm³/mol. The van der Waals surface area contributed by atoms with Gasteiger partial charge in [-0.2, -0.15) is 4.98 Å². The molecule has 0 spiro atoms. The zero-order valence-corrected chi connectivity index (χ0v) is 15.7. The molecule has 2 heterocycles. The number of hydrogen-bond acceptors (Lipinski definition) is 5. The van der Waals surface area contributed by atoms with E-state index in [1.807, 2.05) is 30.3 Å². The maximum Gasteiger partial charge on any atom is 0.278 e. The Morgan fingerprint density at radius 2 is 1.67 bits per heavy atom. The van der Waals surface area contributed by atoms with Crippen molar-refractivity contribution in [3.63, 3.8) is 0 Å². The molecule has 8 heteroatoms. The Morgan fingerprint density at radius 1 is 0.963 bits per heavy atom. The molecule has 0 bridgehead atoms. The lowest BCUT2D eigenvalue weighted by molar-refractivity contribution is 0.873. The van der Waals surface area contributed by atoms with Crippen molar-refractivity contribution in [2.45, 2.75) is 0 Å². The molecule has 0 saturated heterocycles. The number of hydrogen-bond donors (Lipinski definition) is 1. The van der Waals surface area contributed by atoms with Gasteiger partial charge in [-0.1, -0.05) is 47.5 Å². The highest BCUT2D eigenvalue weighted by Gasteiger charge is 2.17. The largest absolute Gasteiger partial charge is 0.324 e. The van der Waals surface area contributed by atoms with Gasteiger partial charge in [-0.15, -0.1) is 0 Å². The maximum atomic E-state index is 12.9. The molecule has 0 aliphatic rings. The average molecular weight is 398 g/mol. The van der Waals surface area contributed by atoms with Gasteiger partial charge in [-0.25, -0.2) is 9.97 Å². The fraction of sp³-hybridized carbons (Fsp3) is 0.0526. The van der Waals surface area contributed by atoms with Gasteiger partial charge in [-0.3, -0.25) is 9.36 Å². The summed E-state index contributed by atoms with van der Waals surface area (Å²) in [5, 5.41) is 3.81. The summed E-state index contributed by atoms with van der Waals surface area (Å²) in [6.07, 6.45) is 1.56. The van der Waals surface area contributed by atoms with Crippen LogP contribution in [0.5, 0.6) is 0 Å². The van der Waals surface area contributed by atoms with Gasteiger partial charge >= 0.3 is 0 Å². The molecule has 6 nitrogen and oxygen atoms in total. The van der Waals surface area contributed by atoms with E-state index in [1.165, 1.54) is 4.57 Å². The summed E-state index contributed by atoms with van der Waals surface area (Å²) in [6, 6.07) is 14.6. The lowest BCUT2D eigenvalue weighted by atomic mass is 10.1. The van der Waals surface area contributed by atoms with Crippen LogP contribution in [0, 0.1) is 0 Å². The first kappa shape index (κ1) is 17.5. The molecule has 4 aromatic rings. The molecule has 0 radical (unpaired) electrons. The Kier molecular flexibility index (Phi) is 4.51. The van der Waals surface area contributed by atoms with E-state index in [4.69, 9.17) is 23.2 Å². The third-order valence-corrected chi connectivity index (χ3v) is 4.67. The minimum Gasteiger partial charge on any atom is -0.324 e. The summed E-state index contributed by atoms with van der Waals surface area (Å²) in [7, 11) is 1.62. The molecule has 4 rings (SSSR count). The fourth-order valence-electron chi connectivity index (χ4n) is 2.71. The number of aromatic nitrogens is 4. The number of aryl methyl sites for hydroxylation is 1. The third kappa shape index (κ3) is 3.25. The van der Waals surface area contributed by atoms with Crippen molar-refractivity contribution in [3.8, 4) is 11.3 Å². The van der Waals surface area contributed by atoms with Crippen LogP contribution < -0.4 is 10.9 Å². The van der Waals surface area contributed by atoms with Crippen LogP contribution in [-0.4, -0.2) is 19.5 Å². The van der Waals surface area contributed by atoms with Gasteiger partial charge in [0, 0.05) is 18.3 Å². The molecule has 0 aliphatic carbocycles. The van der Waals surface area contributed by atoms with Crippen LogP contribution in [0.4, 0.5) is 11.6 Å². The smallest absolute Gasteiger partial charge is 0.278 e. The number of fused-ring (bicyclic) bond motifs is 1. The molecule has 2 aromatic heterocycles. The number of benzene rings is 2. The predicted octanol–water partition coefficient (Wildman–Crippen LogP) is 4.44. The number of para-hydroxylation sites is 1. The number of nitrogens with one attached hydrogen (secondary N) is 1. The van der Waals surface area contributed by atoms with Crippen molar-refractivity contribution in [1.29, 1.82) is 0 Å². The van der Waals surface area contributed by atoms with E-state index in [1.54, 1.807) is 31.4 Å². The standard InChI is InChI=1S/C19H13Cl2N5O/c1-26-17-14(10-22-19(25-17)23-11-6-3-2-4-7-11)24-16(18(26)27)15-12(20)8-5-9-13(15)21/h2-10H,1H3,(H,22,23,25). The molecular weight excluding hydrogens is 385 g/mol. The second-order valence-electron chi connectivity index (χ2n) is 5.81. The normalized spacial score (nSPS) is 10.9. The van der Waals surface area contributed by atoms with Crippen molar-refractivity contribution in [1.82, 2.24) is 19.5 Å². The van der Waals surface area contributed by atoms with Crippen molar-refractivity contribution >= 4 is 46.0 Å². The molecule has 2 aromatic carbocycles. The van der Waals surface area contributed by atoms with Crippen LogP contribution in [0.1, 0.15) is 0 Å². The van der Waals surface area contributed by atoms with Gasteiger partial charge in [0.25, 0.3) is 5.56 Å². The zero-order valence-electron chi connectivity index (χ0n) is 14.1. The SMILES string of the molecule is Cn1c(=O)c(-c2c(Cl)cccc2Cl)nc2cnc(Nc3ccccc3)nc21. The molecule has 0 unspecified atom stereocenters. The average Bonchev–Trinajstić information content (AvgIpc) is 2.67. The van der Waals surface area contributed by atoms with Gasteiger partial charge in [0.15, 0.2) is 5.65 Å². The Morgan fingerprint density at radius 3 is 2.37 bits per heavy atom. The molecule has 1 N–H and O–H groups in total. The lowest BCUT2D eigenvalue weighted by Gasteiger charge is -2.11. The lowest BCUT2D eigenvalue weighted by Crippen LogP contribution is -2.22. The zero-order chi connectivity index (χ0) is 19.0. The Bertz CT molecular complexity index is 1190. The summed E-state index contributed by atoms with van der Waals surface area (Å²) < 4.78 is 1.41. The molecule has 0 amide bonds. The van der Waals surface area contributed by atoms with Crippen molar-refractivity contribution < 1.29 is 0 Å². The van der Waals surface area contributed by atoms with Crippen LogP contribution in [0.15, 0.2) is 59.5 Å². The van der Waals surface area contributed by atoms with Gasteiger partial charge in [0.2, 0.25) is 5.95 Å². The van der Waals surface area contributed by atoms with E-state index in [0.29, 0.717) is 32.7 Å². The van der Waals surface area contributed by atoms with Gasteiger partial charge < -0.3 is 5.32 Å². The summed E-state index contributed by atoms with van der Waals surface area (Å²) >= 11 is 12.5. The Hall–Kier alpha value is -2.96. The molecular formula is C19H13Cl2N5O. The second-order valence-corrected chi connectivity index (χ2v) is 6.63. The van der Waals surface area contributed by atoms with Crippen LogP contribution in [-0.2, 0) is 7.05 Å². The topological polar surface area (TPSA) is 72.7 Å². The van der Waals surface area contributed by atoms with E-state index >= 15 is 0 Å². The number of rotatable bonds is 3. The molecule has 0 aliphatic heterocycles.